The molecule has 0 radical (unpaired) electrons. The van der Waals surface area contributed by atoms with Crippen LogP contribution in [0.2, 0.25) is 0 Å². The summed E-state index contributed by atoms with van der Waals surface area (Å²) in [6.45, 7) is 1.17. The Morgan fingerprint density at radius 3 is 2.63 bits per heavy atom. The molecule has 3 rings (SSSR count). The van der Waals surface area contributed by atoms with Crippen LogP contribution >= 0.6 is 0 Å². The zero-order valence-corrected chi connectivity index (χ0v) is 15.2. The SMILES string of the molecule is CN(CC(=O)O)C1CCCN(C(=O)c2ccc(-c3ccc(F)cc3)o2)CC1. The van der Waals surface area contributed by atoms with Gasteiger partial charge in [0.2, 0.25) is 0 Å². The number of amides is 1. The van der Waals surface area contributed by atoms with Crippen molar-refractivity contribution in [2.45, 2.75) is 25.3 Å². The molecule has 1 amide bonds. The van der Waals surface area contributed by atoms with Crippen LogP contribution < -0.4 is 0 Å². The zero-order chi connectivity index (χ0) is 19.4. The van der Waals surface area contributed by atoms with Crippen LogP contribution in [0.5, 0.6) is 0 Å². The molecule has 1 aliphatic heterocycles. The standard InChI is InChI=1S/C20H23FN2O4/c1-22(13-19(24)25)16-3-2-11-23(12-10-16)20(26)18-9-8-17(27-18)14-4-6-15(21)7-5-14/h4-9,16H,2-3,10-13H2,1H3,(H,24,25). The molecule has 0 bridgehead atoms. The maximum absolute atomic E-state index is 13.0. The molecule has 2 heterocycles. The summed E-state index contributed by atoms with van der Waals surface area (Å²) in [4.78, 5) is 27.2. The average molecular weight is 374 g/mol. The number of likely N-dealkylation sites (N-methyl/N-ethyl adjacent to an activating group) is 1. The van der Waals surface area contributed by atoms with E-state index in [9.17, 15) is 14.0 Å². The van der Waals surface area contributed by atoms with Gasteiger partial charge in [-0.15, -0.1) is 0 Å². The molecule has 1 aliphatic rings. The molecule has 1 atom stereocenters. The van der Waals surface area contributed by atoms with Crippen LogP contribution in [0.25, 0.3) is 11.3 Å². The van der Waals surface area contributed by atoms with E-state index >= 15 is 0 Å². The Morgan fingerprint density at radius 1 is 1.19 bits per heavy atom. The highest BCUT2D eigenvalue weighted by Gasteiger charge is 2.26. The number of nitrogens with zero attached hydrogens (tertiary/aromatic N) is 2. The van der Waals surface area contributed by atoms with E-state index in [-0.39, 0.29) is 30.1 Å². The molecule has 27 heavy (non-hydrogen) atoms. The lowest BCUT2D eigenvalue weighted by Gasteiger charge is -2.25. The van der Waals surface area contributed by atoms with E-state index in [1.165, 1.54) is 12.1 Å². The number of benzene rings is 1. The fraction of sp³-hybridized carbons (Fsp3) is 0.400. The van der Waals surface area contributed by atoms with Crippen LogP contribution in [0.3, 0.4) is 0 Å². The molecular weight excluding hydrogens is 351 g/mol. The summed E-state index contributed by atoms with van der Waals surface area (Å²) < 4.78 is 18.7. The Balaban J connectivity index is 1.64. The summed E-state index contributed by atoms with van der Waals surface area (Å²) in [6.07, 6.45) is 2.39. The first-order valence-corrected chi connectivity index (χ1v) is 9.01. The van der Waals surface area contributed by atoms with E-state index < -0.39 is 5.97 Å². The number of carboxylic acid groups (broad SMARTS) is 1. The molecule has 1 aromatic heterocycles. The third kappa shape index (κ3) is 4.74. The number of aliphatic carboxylic acids is 1. The van der Waals surface area contributed by atoms with E-state index in [2.05, 4.69) is 0 Å². The van der Waals surface area contributed by atoms with Crippen molar-refractivity contribution in [3.05, 3.63) is 48.0 Å². The number of hydrogen-bond acceptors (Lipinski definition) is 4. The van der Waals surface area contributed by atoms with Gasteiger partial charge in [0, 0.05) is 24.7 Å². The van der Waals surface area contributed by atoms with Crippen molar-refractivity contribution >= 4 is 11.9 Å². The second kappa shape index (κ2) is 8.35. The number of carboxylic acids is 1. The van der Waals surface area contributed by atoms with Crippen molar-refractivity contribution in [3.63, 3.8) is 0 Å². The van der Waals surface area contributed by atoms with E-state index in [1.807, 2.05) is 4.90 Å². The molecule has 0 saturated carbocycles. The van der Waals surface area contributed by atoms with Gasteiger partial charge in [0.05, 0.1) is 6.54 Å². The molecule has 1 aromatic carbocycles. The molecule has 7 heteroatoms. The molecule has 1 N–H and O–H groups in total. The topological polar surface area (TPSA) is 74.0 Å². The minimum atomic E-state index is -0.849. The summed E-state index contributed by atoms with van der Waals surface area (Å²) in [5.74, 6) is -0.573. The molecule has 0 aliphatic carbocycles. The minimum absolute atomic E-state index is 0.00216. The average Bonchev–Trinajstić information content (AvgIpc) is 2.98. The summed E-state index contributed by atoms with van der Waals surface area (Å²) in [5.41, 5.74) is 0.710. The largest absolute Gasteiger partial charge is 0.480 e. The predicted molar refractivity (Wildman–Crippen MR) is 97.9 cm³/mol. The monoisotopic (exact) mass is 374 g/mol. The van der Waals surface area contributed by atoms with Crippen molar-refractivity contribution in [1.29, 1.82) is 0 Å². The third-order valence-electron chi connectivity index (χ3n) is 4.94. The lowest BCUT2D eigenvalue weighted by Crippen LogP contribution is -2.37. The van der Waals surface area contributed by atoms with Crippen LogP contribution in [0, 0.1) is 5.82 Å². The number of rotatable bonds is 5. The molecular formula is C20H23FN2O4. The second-order valence-corrected chi connectivity index (χ2v) is 6.86. The van der Waals surface area contributed by atoms with Crippen LogP contribution in [0.4, 0.5) is 4.39 Å². The molecule has 1 saturated heterocycles. The predicted octanol–water partition coefficient (Wildman–Crippen LogP) is 3.10. The highest BCUT2D eigenvalue weighted by atomic mass is 19.1. The Kier molecular flexibility index (Phi) is 5.91. The maximum atomic E-state index is 13.0. The lowest BCUT2D eigenvalue weighted by molar-refractivity contribution is -0.138. The number of carbonyl (C=O) groups excluding carboxylic acids is 1. The summed E-state index contributed by atoms with van der Waals surface area (Å²) >= 11 is 0. The highest BCUT2D eigenvalue weighted by Crippen LogP contribution is 2.24. The van der Waals surface area contributed by atoms with Crippen molar-refractivity contribution in [2.75, 3.05) is 26.7 Å². The Bertz CT molecular complexity index is 803. The molecule has 0 spiro atoms. The zero-order valence-electron chi connectivity index (χ0n) is 15.2. The highest BCUT2D eigenvalue weighted by molar-refractivity contribution is 5.92. The number of likely N-dealkylation sites (tertiary alicyclic amines) is 1. The van der Waals surface area contributed by atoms with Gasteiger partial charge in [-0.25, -0.2) is 4.39 Å². The summed E-state index contributed by atoms with van der Waals surface area (Å²) in [6, 6.07) is 9.41. The van der Waals surface area contributed by atoms with E-state index in [0.717, 1.165) is 19.3 Å². The van der Waals surface area contributed by atoms with Crippen LogP contribution in [0.15, 0.2) is 40.8 Å². The Hall–Kier alpha value is -2.67. The molecule has 144 valence electrons. The normalized spacial score (nSPS) is 17.7. The number of carbonyl (C=O) groups is 2. The number of furan rings is 1. The van der Waals surface area contributed by atoms with Gasteiger partial charge < -0.3 is 14.4 Å². The Morgan fingerprint density at radius 2 is 1.93 bits per heavy atom. The molecule has 2 aromatic rings. The van der Waals surface area contributed by atoms with Gasteiger partial charge in [0.1, 0.15) is 11.6 Å². The van der Waals surface area contributed by atoms with Crippen LogP contribution in [-0.2, 0) is 4.79 Å². The van der Waals surface area contributed by atoms with Crippen molar-refractivity contribution in [2.24, 2.45) is 0 Å². The van der Waals surface area contributed by atoms with Crippen molar-refractivity contribution in [1.82, 2.24) is 9.80 Å². The second-order valence-electron chi connectivity index (χ2n) is 6.86. The van der Waals surface area contributed by atoms with Crippen LogP contribution in [-0.4, -0.2) is 59.5 Å². The van der Waals surface area contributed by atoms with Gasteiger partial charge in [-0.3, -0.25) is 14.5 Å². The van der Waals surface area contributed by atoms with Gasteiger partial charge in [-0.05, 0) is 62.7 Å². The number of hydrogen-bond donors (Lipinski definition) is 1. The van der Waals surface area contributed by atoms with Gasteiger partial charge >= 0.3 is 5.97 Å². The van der Waals surface area contributed by atoms with Gasteiger partial charge in [0.15, 0.2) is 5.76 Å². The first-order chi connectivity index (χ1) is 12.9. The van der Waals surface area contributed by atoms with Gasteiger partial charge in [-0.1, -0.05) is 0 Å². The molecule has 6 nitrogen and oxygen atoms in total. The number of halogens is 1. The third-order valence-corrected chi connectivity index (χ3v) is 4.94. The van der Waals surface area contributed by atoms with Crippen molar-refractivity contribution < 1.29 is 23.5 Å². The quantitative estimate of drug-likeness (QED) is 0.871. The Labute approximate surface area is 157 Å². The minimum Gasteiger partial charge on any atom is -0.480 e. The molecule has 1 unspecified atom stereocenters. The lowest BCUT2D eigenvalue weighted by atomic mass is 10.1. The van der Waals surface area contributed by atoms with E-state index in [4.69, 9.17) is 9.52 Å². The maximum Gasteiger partial charge on any atom is 0.317 e. The smallest absolute Gasteiger partial charge is 0.317 e. The van der Waals surface area contributed by atoms with Crippen LogP contribution in [0.1, 0.15) is 29.8 Å². The molecule has 1 fully saturated rings. The summed E-state index contributed by atoms with van der Waals surface area (Å²) in [5, 5.41) is 8.95. The fourth-order valence-electron chi connectivity index (χ4n) is 3.44. The fourth-order valence-corrected chi connectivity index (χ4v) is 3.44. The van der Waals surface area contributed by atoms with E-state index in [1.54, 1.807) is 36.2 Å². The van der Waals surface area contributed by atoms with Crippen molar-refractivity contribution in [3.8, 4) is 11.3 Å². The first kappa shape index (κ1) is 19.1. The van der Waals surface area contributed by atoms with Gasteiger partial charge in [-0.2, -0.15) is 0 Å². The summed E-state index contributed by atoms with van der Waals surface area (Å²) in [7, 11) is 1.80. The van der Waals surface area contributed by atoms with E-state index in [0.29, 0.717) is 24.4 Å². The van der Waals surface area contributed by atoms with Gasteiger partial charge in [0.25, 0.3) is 5.91 Å². The first-order valence-electron chi connectivity index (χ1n) is 9.01.